The zero-order chi connectivity index (χ0) is 24.5. The normalized spacial score (nSPS) is 21.6. The number of hydrogen-bond donors (Lipinski definition) is 2. The summed E-state index contributed by atoms with van der Waals surface area (Å²) in [5, 5.41) is 12.1. The summed E-state index contributed by atoms with van der Waals surface area (Å²) in [6.45, 7) is 2.24. The first kappa shape index (κ1) is 23.4. The van der Waals surface area contributed by atoms with Gasteiger partial charge in [-0.3, -0.25) is 4.79 Å². The minimum Gasteiger partial charge on any atom is -0.480 e. The fraction of sp³-hybridized carbons (Fsp3) is 0.444. The van der Waals surface area contributed by atoms with E-state index in [0.717, 1.165) is 24.0 Å². The van der Waals surface area contributed by atoms with Crippen LogP contribution in [0.1, 0.15) is 43.2 Å². The van der Waals surface area contributed by atoms with Crippen LogP contribution in [0.3, 0.4) is 0 Å². The molecular weight excluding hydrogens is 448 g/mol. The molecule has 184 valence electrons. The molecule has 0 bridgehead atoms. The quantitative estimate of drug-likeness (QED) is 0.603. The van der Waals surface area contributed by atoms with Gasteiger partial charge in [0.05, 0.1) is 18.6 Å². The summed E-state index contributed by atoms with van der Waals surface area (Å²) in [5.74, 6) is -1.59. The molecule has 0 aromatic heterocycles. The summed E-state index contributed by atoms with van der Waals surface area (Å²) in [4.78, 5) is 38.4. The highest BCUT2D eigenvalue weighted by Crippen LogP contribution is 2.44. The summed E-state index contributed by atoms with van der Waals surface area (Å²) in [6.07, 6.45) is 1.28. The number of fused-ring (bicyclic) bond motifs is 3. The predicted octanol–water partition coefficient (Wildman–Crippen LogP) is 3.39. The van der Waals surface area contributed by atoms with Gasteiger partial charge in [-0.25, -0.2) is 9.59 Å². The van der Waals surface area contributed by atoms with Gasteiger partial charge in [-0.05, 0) is 48.4 Å². The van der Waals surface area contributed by atoms with E-state index >= 15 is 0 Å². The number of carbonyl (C=O) groups is 3. The Morgan fingerprint density at radius 1 is 1.09 bits per heavy atom. The lowest BCUT2D eigenvalue weighted by atomic mass is 9.98. The summed E-state index contributed by atoms with van der Waals surface area (Å²) in [6, 6.07) is 15.5. The van der Waals surface area contributed by atoms with Gasteiger partial charge in [0.15, 0.2) is 0 Å². The summed E-state index contributed by atoms with van der Waals surface area (Å²) in [7, 11) is 0. The Balaban J connectivity index is 1.12. The Morgan fingerprint density at radius 2 is 1.71 bits per heavy atom. The van der Waals surface area contributed by atoms with Gasteiger partial charge in [-0.15, -0.1) is 0 Å². The number of nitrogens with zero attached hydrogens (tertiary/aromatic N) is 1. The van der Waals surface area contributed by atoms with Crippen molar-refractivity contribution in [2.45, 2.75) is 50.3 Å². The number of amides is 2. The minimum atomic E-state index is -1.00. The van der Waals surface area contributed by atoms with Crippen LogP contribution in [-0.4, -0.2) is 65.9 Å². The fourth-order valence-corrected chi connectivity index (χ4v) is 5.24. The van der Waals surface area contributed by atoms with Gasteiger partial charge in [0.2, 0.25) is 5.91 Å². The molecule has 2 N–H and O–H groups in total. The number of carboxylic acids is 1. The molecule has 8 nitrogen and oxygen atoms in total. The first-order chi connectivity index (χ1) is 16.9. The second-order valence-electron chi connectivity index (χ2n) is 9.59. The number of carboxylic acid groups (broad SMARTS) is 1. The number of rotatable bonds is 8. The summed E-state index contributed by atoms with van der Waals surface area (Å²) in [5.41, 5.74) is 4.64. The Morgan fingerprint density at radius 3 is 2.31 bits per heavy atom. The van der Waals surface area contributed by atoms with Crippen LogP contribution in [-0.2, 0) is 19.1 Å². The molecule has 35 heavy (non-hydrogen) atoms. The Bertz CT molecular complexity index is 1080. The molecule has 2 aromatic rings. The first-order valence-corrected chi connectivity index (χ1v) is 12.2. The van der Waals surface area contributed by atoms with Gasteiger partial charge in [0.25, 0.3) is 0 Å². The maximum Gasteiger partial charge on any atom is 0.407 e. The van der Waals surface area contributed by atoms with E-state index in [2.05, 4.69) is 29.6 Å². The monoisotopic (exact) mass is 478 g/mol. The average molecular weight is 479 g/mol. The molecule has 2 aromatic carbocycles. The van der Waals surface area contributed by atoms with Crippen LogP contribution >= 0.6 is 0 Å². The van der Waals surface area contributed by atoms with Gasteiger partial charge in [0, 0.05) is 18.5 Å². The number of alkyl carbamates (subject to hydrolysis) is 1. The fourth-order valence-electron chi connectivity index (χ4n) is 5.24. The number of benzene rings is 2. The molecule has 3 unspecified atom stereocenters. The highest BCUT2D eigenvalue weighted by molar-refractivity contribution is 5.86. The topological polar surface area (TPSA) is 105 Å². The molecule has 5 rings (SSSR count). The van der Waals surface area contributed by atoms with Crippen LogP contribution in [0.2, 0.25) is 0 Å². The molecular formula is C27H30N2O6. The highest BCUT2D eigenvalue weighted by atomic mass is 16.5. The third-order valence-corrected chi connectivity index (χ3v) is 7.22. The van der Waals surface area contributed by atoms with E-state index in [4.69, 9.17) is 9.47 Å². The summed E-state index contributed by atoms with van der Waals surface area (Å²) >= 11 is 0. The van der Waals surface area contributed by atoms with Gasteiger partial charge in [-0.2, -0.15) is 0 Å². The van der Waals surface area contributed by atoms with Crippen molar-refractivity contribution in [1.82, 2.24) is 10.2 Å². The average Bonchev–Trinajstić information content (AvgIpc) is 3.48. The first-order valence-electron chi connectivity index (χ1n) is 12.2. The van der Waals surface area contributed by atoms with E-state index in [1.165, 1.54) is 16.0 Å². The largest absolute Gasteiger partial charge is 0.480 e. The lowest BCUT2D eigenvalue weighted by Gasteiger charge is -2.28. The minimum absolute atomic E-state index is 0.00611. The van der Waals surface area contributed by atoms with E-state index in [9.17, 15) is 19.5 Å². The van der Waals surface area contributed by atoms with Gasteiger partial charge >= 0.3 is 12.1 Å². The van der Waals surface area contributed by atoms with E-state index in [1.54, 1.807) is 6.92 Å². The zero-order valence-corrected chi connectivity index (χ0v) is 19.7. The second kappa shape index (κ2) is 9.70. The van der Waals surface area contributed by atoms with E-state index in [-0.39, 0.29) is 43.7 Å². The van der Waals surface area contributed by atoms with Crippen molar-refractivity contribution < 1.29 is 29.0 Å². The number of ether oxygens (including phenoxy) is 2. The van der Waals surface area contributed by atoms with Crippen LogP contribution in [0.4, 0.5) is 4.79 Å². The van der Waals surface area contributed by atoms with Crippen LogP contribution in [0, 0.1) is 5.92 Å². The van der Waals surface area contributed by atoms with Crippen molar-refractivity contribution in [2.75, 3.05) is 19.8 Å². The van der Waals surface area contributed by atoms with Crippen LogP contribution in [0.25, 0.3) is 11.1 Å². The molecule has 3 aliphatic rings. The molecule has 3 atom stereocenters. The maximum absolute atomic E-state index is 13.0. The predicted molar refractivity (Wildman–Crippen MR) is 128 cm³/mol. The van der Waals surface area contributed by atoms with Crippen LogP contribution < -0.4 is 5.32 Å². The highest BCUT2D eigenvalue weighted by Gasteiger charge is 2.43. The van der Waals surface area contributed by atoms with E-state index in [0.29, 0.717) is 6.42 Å². The molecule has 2 fully saturated rings. The van der Waals surface area contributed by atoms with Crippen molar-refractivity contribution in [1.29, 1.82) is 0 Å². The Hall–Kier alpha value is -3.39. The van der Waals surface area contributed by atoms with Crippen LogP contribution in [0.5, 0.6) is 0 Å². The molecule has 1 heterocycles. The molecule has 8 heteroatoms. The second-order valence-corrected chi connectivity index (χ2v) is 9.59. The zero-order valence-electron chi connectivity index (χ0n) is 19.7. The van der Waals surface area contributed by atoms with Crippen molar-refractivity contribution in [3.8, 4) is 11.1 Å². The van der Waals surface area contributed by atoms with E-state index < -0.39 is 24.0 Å². The number of nitrogens with one attached hydrogen (secondary N) is 1. The Kier molecular flexibility index (Phi) is 6.47. The molecule has 1 saturated heterocycles. The Labute approximate surface area is 204 Å². The van der Waals surface area contributed by atoms with Crippen molar-refractivity contribution in [3.05, 3.63) is 59.7 Å². The van der Waals surface area contributed by atoms with Gasteiger partial charge in [-0.1, -0.05) is 48.5 Å². The lowest BCUT2D eigenvalue weighted by Crippen LogP contribution is -2.47. The number of carbonyl (C=O) groups excluding carboxylic acids is 2. The molecule has 1 saturated carbocycles. The maximum atomic E-state index is 13.0. The third kappa shape index (κ3) is 4.75. The van der Waals surface area contributed by atoms with Crippen molar-refractivity contribution in [2.24, 2.45) is 5.92 Å². The van der Waals surface area contributed by atoms with Crippen molar-refractivity contribution in [3.63, 3.8) is 0 Å². The van der Waals surface area contributed by atoms with Crippen molar-refractivity contribution >= 4 is 18.0 Å². The van der Waals surface area contributed by atoms with Gasteiger partial charge in [0.1, 0.15) is 12.6 Å². The SMILES string of the molecule is CC(C(=O)O)N(C(=O)C1COC(CNC(=O)OCC2c3ccccc3-c3ccccc32)C1)C1CC1. The summed E-state index contributed by atoms with van der Waals surface area (Å²) < 4.78 is 11.3. The molecule has 2 amide bonds. The standard InChI is InChI=1S/C27H30N2O6/c1-16(26(31)32)29(18-10-11-18)25(30)17-12-19(34-14-17)13-28-27(33)35-15-24-22-8-4-2-6-20(22)21-7-3-5-9-23(21)24/h2-9,16-19,24H,10-15H2,1H3,(H,28,33)(H,31,32). The lowest BCUT2D eigenvalue weighted by molar-refractivity contribution is -0.151. The van der Waals surface area contributed by atoms with Crippen LogP contribution in [0.15, 0.2) is 48.5 Å². The number of aliphatic carboxylic acids is 1. The van der Waals surface area contributed by atoms with E-state index in [1.807, 2.05) is 24.3 Å². The smallest absolute Gasteiger partial charge is 0.407 e. The third-order valence-electron chi connectivity index (χ3n) is 7.22. The molecule has 0 spiro atoms. The molecule has 0 radical (unpaired) electrons. The molecule has 2 aliphatic carbocycles. The van der Waals surface area contributed by atoms with Gasteiger partial charge < -0.3 is 24.8 Å². The molecule has 1 aliphatic heterocycles. The number of hydrogen-bond acceptors (Lipinski definition) is 5.